The van der Waals surface area contributed by atoms with Gasteiger partial charge in [0, 0.05) is 23.1 Å². The molecule has 0 radical (unpaired) electrons. The Morgan fingerprint density at radius 2 is 2.33 bits per heavy atom. The number of anilines is 1. The number of rotatable bonds is 5. The number of hydrogen-bond acceptors (Lipinski definition) is 7. The Hall–Kier alpha value is -2.81. The van der Waals surface area contributed by atoms with E-state index >= 15 is 0 Å². The molecule has 1 aromatic heterocycles. The van der Waals surface area contributed by atoms with Crippen molar-refractivity contribution >= 4 is 34.3 Å². The van der Waals surface area contributed by atoms with Crippen LogP contribution in [0.1, 0.15) is 21.6 Å². The first kappa shape index (κ1) is 14.6. The molecule has 0 aliphatic heterocycles. The van der Waals surface area contributed by atoms with Gasteiger partial charge in [-0.1, -0.05) is 0 Å². The number of hydrazone groups is 1. The summed E-state index contributed by atoms with van der Waals surface area (Å²) in [4.78, 5) is 25.2. The Morgan fingerprint density at radius 1 is 1.57 bits per heavy atom. The van der Waals surface area contributed by atoms with Crippen LogP contribution in [0, 0.1) is 17.0 Å². The van der Waals surface area contributed by atoms with Crippen molar-refractivity contribution < 1.29 is 14.8 Å². The average Bonchev–Trinajstić information content (AvgIpc) is 2.84. The van der Waals surface area contributed by atoms with Gasteiger partial charge in [-0.25, -0.2) is 9.78 Å². The van der Waals surface area contributed by atoms with E-state index < -0.39 is 10.9 Å². The monoisotopic (exact) mass is 306 g/mol. The Morgan fingerprint density at radius 3 is 2.90 bits per heavy atom. The van der Waals surface area contributed by atoms with Gasteiger partial charge in [-0.05, 0) is 13.0 Å². The average molecular weight is 306 g/mol. The number of carboxylic acids is 1. The van der Waals surface area contributed by atoms with Gasteiger partial charge in [-0.15, -0.1) is 11.3 Å². The minimum atomic E-state index is -1.26. The smallest absolute Gasteiger partial charge is 0.336 e. The molecule has 0 bridgehead atoms. The Kier molecular flexibility index (Phi) is 4.24. The Balaban J connectivity index is 2.22. The maximum Gasteiger partial charge on any atom is 0.336 e. The van der Waals surface area contributed by atoms with Crippen molar-refractivity contribution in [3.8, 4) is 0 Å². The molecule has 0 unspecified atom stereocenters. The van der Waals surface area contributed by atoms with Gasteiger partial charge in [0.1, 0.15) is 0 Å². The number of carbonyl (C=O) groups is 1. The van der Waals surface area contributed by atoms with Crippen molar-refractivity contribution in [3.63, 3.8) is 0 Å². The summed E-state index contributed by atoms with van der Waals surface area (Å²) in [5.74, 6) is -1.26. The van der Waals surface area contributed by atoms with E-state index in [2.05, 4.69) is 15.5 Å². The fraction of sp³-hybridized carbons (Fsp3) is 0.0833. The molecular weight excluding hydrogens is 296 g/mol. The van der Waals surface area contributed by atoms with Crippen LogP contribution in [0.3, 0.4) is 0 Å². The molecule has 2 rings (SSSR count). The molecule has 0 fully saturated rings. The summed E-state index contributed by atoms with van der Waals surface area (Å²) < 4.78 is 0. The molecule has 108 valence electrons. The maximum absolute atomic E-state index is 11.1. The topological polar surface area (TPSA) is 118 Å². The number of benzene rings is 1. The Labute approximate surface area is 122 Å². The van der Waals surface area contributed by atoms with E-state index in [1.165, 1.54) is 29.7 Å². The number of aromatic carboxylic acids is 1. The van der Waals surface area contributed by atoms with E-state index in [-0.39, 0.29) is 16.8 Å². The number of carboxylic acid groups (broad SMARTS) is 1. The fourth-order valence-corrected chi connectivity index (χ4v) is 2.15. The standard InChI is InChI=1S/C12H10N4O4S/c1-7-6-21-12(14-7)15-13-5-8-2-3-9(16(19)20)4-10(8)11(17)18/h2-6H,1H3,(H,14,15)(H,17,18). The molecule has 9 heteroatoms. The van der Waals surface area contributed by atoms with Crippen LogP contribution in [0.25, 0.3) is 0 Å². The second kappa shape index (κ2) is 6.09. The number of nitrogens with one attached hydrogen (secondary N) is 1. The molecule has 0 amide bonds. The summed E-state index contributed by atoms with van der Waals surface area (Å²) in [7, 11) is 0. The number of non-ortho nitro benzene ring substituents is 1. The normalized spacial score (nSPS) is 10.7. The number of nitro groups is 1. The molecule has 8 nitrogen and oxygen atoms in total. The molecule has 0 saturated carbocycles. The third kappa shape index (κ3) is 3.60. The molecule has 21 heavy (non-hydrogen) atoms. The van der Waals surface area contributed by atoms with E-state index in [9.17, 15) is 14.9 Å². The number of nitrogens with zero attached hydrogens (tertiary/aromatic N) is 3. The second-order valence-electron chi connectivity index (χ2n) is 4.00. The highest BCUT2D eigenvalue weighted by Gasteiger charge is 2.14. The summed E-state index contributed by atoms with van der Waals surface area (Å²) in [6, 6.07) is 3.55. The van der Waals surface area contributed by atoms with E-state index in [1.807, 2.05) is 12.3 Å². The van der Waals surface area contributed by atoms with Crippen LogP contribution in [0.5, 0.6) is 0 Å². The maximum atomic E-state index is 11.1. The summed E-state index contributed by atoms with van der Waals surface area (Å²) in [5.41, 5.74) is 3.30. The van der Waals surface area contributed by atoms with Crippen LogP contribution < -0.4 is 5.43 Å². The highest BCUT2D eigenvalue weighted by molar-refractivity contribution is 7.13. The lowest BCUT2D eigenvalue weighted by atomic mass is 10.1. The predicted octanol–water partition coefficient (Wildman–Crippen LogP) is 2.50. The van der Waals surface area contributed by atoms with Crippen LogP contribution in [-0.2, 0) is 0 Å². The first-order chi connectivity index (χ1) is 9.97. The van der Waals surface area contributed by atoms with Gasteiger partial charge in [-0.2, -0.15) is 5.10 Å². The zero-order valence-corrected chi connectivity index (χ0v) is 11.6. The van der Waals surface area contributed by atoms with Crippen molar-refractivity contribution in [2.45, 2.75) is 6.92 Å². The minimum Gasteiger partial charge on any atom is -0.478 e. The van der Waals surface area contributed by atoms with Crippen molar-refractivity contribution in [1.82, 2.24) is 4.98 Å². The molecule has 0 atom stereocenters. The number of aryl methyl sites for hydroxylation is 1. The zero-order chi connectivity index (χ0) is 15.4. The SMILES string of the molecule is Cc1csc(NN=Cc2ccc([N+](=O)[O-])cc2C(=O)O)n1. The van der Waals surface area contributed by atoms with Gasteiger partial charge >= 0.3 is 5.97 Å². The lowest BCUT2D eigenvalue weighted by molar-refractivity contribution is -0.384. The van der Waals surface area contributed by atoms with Gasteiger partial charge in [0.05, 0.1) is 22.4 Å². The van der Waals surface area contributed by atoms with Gasteiger partial charge in [0.25, 0.3) is 5.69 Å². The molecule has 1 aromatic carbocycles. The van der Waals surface area contributed by atoms with Crippen molar-refractivity contribution in [2.75, 3.05) is 5.43 Å². The lowest BCUT2D eigenvalue weighted by Gasteiger charge is -2.00. The van der Waals surface area contributed by atoms with Crippen LogP contribution in [0.4, 0.5) is 10.8 Å². The van der Waals surface area contributed by atoms with Gasteiger partial charge in [0.15, 0.2) is 0 Å². The van der Waals surface area contributed by atoms with Crippen LogP contribution >= 0.6 is 11.3 Å². The zero-order valence-electron chi connectivity index (χ0n) is 10.8. The van der Waals surface area contributed by atoms with Crippen molar-refractivity contribution in [3.05, 3.63) is 50.5 Å². The third-order valence-electron chi connectivity index (χ3n) is 2.46. The number of nitro benzene ring substituents is 1. The summed E-state index contributed by atoms with van der Waals surface area (Å²) in [6.45, 7) is 1.84. The molecule has 0 saturated heterocycles. The highest BCUT2D eigenvalue weighted by atomic mass is 32.1. The molecule has 2 aromatic rings. The number of aromatic nitrogens is 1. The highest BCUT2D eigenvalue weighted by Crippen LogP contribution is 2.17. The van der Waals surface area contributed by atoms with E-state index in [4.69, 9.17) is 5.11 Å². The van der Waals surface area contributed by atoms with E-state index in [0.29, 0.717) is 5.13 Å². The number of hydrogen-bond donors (Lipinski definition) is 2. The van der Waals surface area contributed by atoms with Crippen molar-refractivity contribution in [1.29, 1.82) is 0 Å². The molecule has 2 N–H and O–H groups in total. The van der Waals surface area contributed by atoms with E-state index in [0.717, 1.165) is 11.8 Å². The first-order valence-electron chi connectivity index (χ1n) is 5.70. The van der Waals surface area contributed by atoms with Crippen LogP contribution in [-0.4, -0.2) is 27.2 Å². The first-order valence-corrected chi connectivity index (χ1v) is 6.58. The fourth-order valence-electron chi connectivity index (χ4n) is 1.52. The summed E-state index contributed by atoms with van der Waals surface area (Å²) in [6.07, 6.45) is 1.28. The largest absolute Gasteiger partial charge is 0.478 e. The molecule has 0 aliphatic rings. The van der Waals surface area contributed by atoms with E-state index in [1.54, 1.807) is 0 Å². The third-order valence-corrected chi connectivity index (χ3v) is 3.33. The quantitative estimate of drug-likeness (QED) is 0.498. The second-order valence-corrected chi connectivity index (χ2v) is 4.86. The van der Waals surface area contributed by atoms with Gasteiger partial charge in [-0.3, -0.25) is 15.5 Å². The van der Waals surface area contributed by atoms with Gasteiger partial charge in [0.2, 0.25) is 5.13 Å². The molecule has 1 heterocycles. The molecule has 0 spiro atoms. The molecular formula is C12H10N4O4S. The van der Waals surface area contributed by atoms with Crippen LogP contribution in [0.15, 0.2) is 28.7 Å². The lowest BCUT2D eigenvalue weighted by Crippen LogP contribution is -2.04. The summed E-state index contributed by atoms with van der Waals surface area (Å²) in [5, 5.41) is 26.0. The molecule has 0 aliphatic carbocycles. The summed E-state index contributed by atoms with van der Waals surface area (Å²) >= 11 is 1.36. The predicted molar refractivity (Wildman–Crippen MR) is 78.1 cm³/mol. The van der Waals surface area contributed by atoms with Crippen LogP contribution in [0.2, 0.25) is 0 Å². The Bertz CT molecular complexity index is 726. The number of thiazole rings is 1. The van der Waals surface area contributed by atoms with Crippen molar-refractivity contribution in [2.24, 2.45) is 5.10 Å². The van der Waals surface area contributed by atoms with Gasteiger partial charge < -0.3 is 5.11 Å². The minimum absolute atomic E-state index is 0.190.